The minimum atomic E-state index is -4.48. The molecule has 1 aliphatic rings. The van der Waals surface area contributed by atoms with Crippen LogP contribution >= 0.6 is 0 Å². The van der Waals surface area contributed by atoms with Crippen LogP contribution in [0, 0.1) is 0 Å². The third-order valence-corrected chi connectivity index (χ3v) is 3.48. The predicted octanol–water partition coefficient (Wildman–Crippen LogP) is 1.88. The Labute approximate surface area is 115 Å². The lowest BCUT2D eigenvalue weighted by molar-refractivity contribution is -0.141. The van der Waals surface area contributed by atoms with E-state index in [1.54, 1.807) is 4.90 Å². The molecule has 7 heteroatoms. The smallest absolute Gasteiger partial charge is 0.337 e. The Morgan fingerprint density at radius 2 is 2.10 bits per heavy atom. The fraction of sp³-hybridized carbons (Fsp3) is 0.538. The molecule has 0 radical (unpaired) electrons. The molecular weight excluding hydrogens is 271 g/mol. The van der Waals surface area contributed by atoms with Crippen molar-refractivity contribution < 1.29 is 18.0 Å². The highest BCUT2D eigenvalue weighted by molar-refractivity contribution is 5.94. The third-order valence-electron chi connectivity index (χ3n) is 3.48. The maximum absolute atomic E-state index is 12.4. The highest BCUT2D eigenvalue weighted by Crippen LogP contribution is 2.27. The van der Waals surface area contributed by atoms with Crippen LogP contribution in [0.4, 0.5) is 13.2 Å². The maximum atomic E-state index is 12.4. The monoisotopic (exact) mass is 287 g/mol. The number of hydrogen-bond acceptors (Lipinski definition) is 3. The first-order valence-electron chi connectivity index (χ1n) is 6.28. The van der Waals surface area contributed by atoms with Crippen molar-refractivity contribution in [3.8, 4) is 0 Å². The average molecular weight is 287 g/mol. The van der Waals surface area contributed by atoms with Crippen molar-refractivity contribution in [2.45, 2.75) is 18.6 Å². The van der Waals surface area contributed by atoms with Crippen LogP contribution in [-0.4, -0.2) is 53.9 Å². The van der Waals surface area contributed by atoms with E-state index < -0.39 is 11.9 Å². The summed E-state index contributed by atoms with van der Waals surface area (Å²) >= 11 is 0. The zero-order valence-electron chi connectivity index (χ0n) is 11.3. The number of rotatable bonds is 2. The van der Waals surface area contributed by atoms with Crippen molar-refractivity contribution >= 4 is 5.91 Å². The van der Waals surface area contributed by atoms with Crippen molar-refractivity contribution in [3.05, 3.63) is 29.6 Å². The van der Waals surface area contributed by atoms with E-state index in [1.165, 1.54) is 6.07 Å². The quantitative estimate of drug-likeness (QED) is 0.833. The minimum absolute atomic E-state index is 0.192. The summed E-state index contributed by atoms with van der Waals surface area (Å²) in [6, 6.07) is 2.31. The van der Waals surface area contributed by atoms with Crippen molar-refractivity contribution in [2.75, 3.05) is 27.2 Å². The van der Waals surface area contributed by atoms with Crippen LogP contribution in [0.25, 0.3) is 0 Å². The Balaban J connectivity index is 2.07. The van der Waals surface area contributed by atoms with E-state index in [9.17, 15) is 18.0 Å². The number of nitrogens with zero attached hydrogens (tertiary/aromatic N) is 3. The molecule has 1 aromatic heterocycles. The van der Waals surface area contributed by atoms with Crippen LogP contribution in [0.3, 0.4) is 0 Å². The van der Waals surface area contributed by atoms with Gasteiger partial charge < -0.3 is 9.80 Å². The van der Waals surface area contributed by atoms with Gasteiger partial charge in [0.05, 0.1) is 5.56 Å². The summed E-state index contributed by atoms with van der Waals surface area (Å²) in [5.74, 6) is -0.268. The summed E-state index contributed by atoms with van der Waals surface area (Å²) in [6.45, 7) is 1.20. The van der Waals surface area contributed by atoms with Gasteiger partial charge in [-0.25, -0.2) is 0 Å². The lowest BCUT2D eigenvalue weighted by Crippen LogP contribution is -2.34. The lowest BCUT2D eigenvalue weighted by atomic mass is 10.2. The zero-order valence-corrected chi connectivity index (χ0v) is 11.3. The molecule has 1 atom stereocenters. The molecule has 1 fully saturated rings. The molecule has 0 unspecified atom stereocenters. The average Bonchev–Trinajstić information content (AvgIpc) is 2.86. The normalized spacial score (nSPS) is 19.7. The second-order valence-corrected chi connectivity index (χ2v) is 5.09. The van der Waals surface area contributed by atoms with Gasteiger partial charge in [-0.2, -0.15) is 13.2 Å². The van der Waals surface area contributed by atoms with Crippen LogP contribution in [0.1, 0.15) is 22.5 Å². The van der Waals surface area contributed by atoms with Gasteiger partial charge in [0.15, 0.2) is 0 Å². The molecule has 0 spiro atoms. The topological polar surface area (TPSA) is 36.4 Å². The third kappa shape index (κ3) is 3.09. The van der Waals surface area contributed by atoms with Crippen molar-refractivity contribution in [2.24, 2.45) is 0 Å². The fourth-order valence-electron chi connectivity index (χ4n) is 2.22. The van der Waals surface area contributed by atoms with Gasteiger partial charge in [-0.05, 0) is 32.6 Å². The summed E-state index contributed by atoms with van der Waals surface area (Å²) in [5, 5.41) is 0. The van der Waals surface area contributed by atoms with Crippen molar-refractivity contribution in [1.29, 1.82) is 0 Å². The first kappa shape index (κ1) is 14.8. The van der Waals surface area contributed by atoms with Gasteiger partial charge in [0.25, 0.3) is 5.91 Å². The van der Waals surface area contributed by atoms with Gasteiger partial charge in [-0.3, -0.25) is 9.78 Å². The second kappa shape index (κ2) is 5.40. The molecule has 20 heavy (non-hydrogen) atoms. The maximum Gasteiger partial charge on any atom is 0.433 e. The Bertz CT molecular complexity index is 485. The molecule has 0 bridgehead atoms. The summed E-state index contributed by atoms with van der Waals surface area (Å²) in [5.41, 5.74) is -0.793. The van der Waals surface area contributed by atoms with Gasteiger partial charge in [0, 0.05) is 25.3 Å². The van der Waals surface area contributed by atoms with Crippen LogP contribution in [-0.2, 0) is 6.18 Å². The van der Waals surface area contributed by atoms with E-state index >= 15 is 0 Å². The van der Waals surface area contributed by atoms with Gasteiger partial charge in [-0.15, -0.1) is 0 Å². The first-order valence-corrected chi connectivity index (χ1v) is 6.28. The Morgan fingerprint density at radius 3 is 2.55 bits per heavy atom. The predicted molar refractivity (Wildman–Crippen MR) is 67.2 cm³/mol. The standard InChI is InChI=1S/C13H16F3N3O/c1-18(2)10-5-6-19(8-10)12(20)9-3-4-11(17-7-9)13(14,15)16/h3-4,7,10H,5-6,8H2,1-2H3/t10-/m1/s1. The molecule has 4 nitrogen and oxygen atoms in total. The van der Waals surface area contributed by atoms with Crippen LogP contribution in [0.15, 0.2) is 18.3 Å². The summed E-state index contributed by atoms with van der Waals surface area (Å²) < 4.78 is 37.2. The van der Waals surface area contributed by atoms with Gasteiger partial charge in [0.1, 0.15) is 5.69 Å². The molecule has 0 aromatic carbocycles. The largest absolute Gasteiger partial charge is 0.433 e. The molecule has 1 aromatic rings. The summed E-state index contributed by atoms with van der Waals surface area (Å²) in [4.78, 5) is 19.2. The molecule has 2 heterocycles. The van der Waals surface area contributed by atoms with Crippen molar-refractivity contribution in [3.63, 3.8) is 0 Å². The number of carbonyl (C=O) groups is 1. The second-order valence-electron chi connectivity index (χ2n) is 5.09. The number of alkyl halides is 3. The van der Waals surface area contributed by atoms with Crippen LogP contribution in [0.2, 0.25) is 0 Å². The number of likely N-dealkylation sites (tertiary alicyclic amines) is 1. The summed E-state index contributed by atoms with van der Waals surface area (Å²) in [6.07, 6.45) is -2.62. The van der Waals surface area contributed by atoms with E-state index in [0.717, 1.165) is 18.7 Å². The minimum Gasteiger partial charge on any atom is -0.337 e. The number of amides is 1. The highest BCUT2D eigenvalue weighted by atomic mass is 19.4. The van der Waals surface area contributed by atoms with E-state index in [0.29, 0.717) is 19.1 Å². The SMILES string of the molecule is CN(C)[C@@H]1CCN(C(=O)c2ccc(C(F)(F)F)nc2)C1. The highest BCUT2D eigenvalue weighted by Gasteiger charge is 2.33. The van der Waals surface area contributed by atoms with Gasteiger partial charge in [-0.1, -0.05) is 0 Å². The number of hydrogen-bond donors (Lipinski definition) is 0. The van der Waals surface area contributed by atoms with E-state index in [4.69, 9.17) is 0 Å². The molecule has 1 aliphatic heterocycles. The zero-order chi connectivity index (χ0) is 14.9. The van der Waals surface area contributed by atoms with Crippen molar-refractivity contribution in [1.82, 2.24) is 14.8 Å². The van der Waals surface area contributed by atoms with Crippen LogP contribution in [0.5, 0.6) is 0 Å². The lowest BCUT2D eigenvalue weighted by Gasteiger charge is -2.20. The first-order chi connectivity index (χ1) is 9.29. The Morgan fingerprint density at radius 1 is 1.40 bits per heavy atom. The number of carbonyl (C=O) groups excluding carboxylic acids is 1. The molecule has 2 rings (SSSR count). The molecule has 1 saturated heterocycles. The van der Waals surface area contributed by atoms with E-state index in [2.05, 4.69) is 4.98 Å². The molecule has 0 N–H and O–H groups in total. The molecular formula is C13H16F3N3O. The molecule has 0 aliphatic carbocycles. The van der Waals surface area contributed by atoms with E-state index in [1.807, 2.05) is 19.0 Å². The Hall–Kier alpha value is -1.63. The summed E-state index contributed by atoms with van der Waals surface area (Å²) in [7, 11) is 3.89. The van der Waals surface area contributed by atoms with Crippen LogP contribution < -0.4 is 0 Å². The molecule has 110 valence electrons. The fourth-order valence-corrected chi connectivity index (χ4v) is 2.22. The molecule has 1 amide bonds. The van der Waals surface area contributed by atoms with Gasteiger partial charge in [0.2, 0.25) is 0 Å². The molecule has 0 saturated carbocycles. The number of halogens is 3. The van der Waals surface area contributed by atoms with Gasteiger partial charge >= 0.3 is 6.18 Å². The number of aromatic nitrogens is 1. The van der Waals surface area contributed by atoms with E-state index in [-0.39, 0.29) is 11.5 Å². The number of pyridine rings is 1. The Kier molecular flexibility index (Phi) is 3.99. The number of likely N-dealkylation sites (N-methyl/N-ethyl adjacent to an activating group) is 1.